The van der Waals surface area contributed by atoms with Crippen molar-refractivity contribution < 1.29 is 14.8 Å². The number of nitro groups is 1. The van der Waals surface area contributed by atoms with Crippen molar-refractivity contribution in [2.45, 2.75) is 18.9 Å². The molecule has 3 N–H and O–H groups in total. The van der Waals surface area contributed by atoms with Crippen LogP contribution >= 0.6 is 11.6 Å². The van der Waals surface area contributed by atoms with Crippen LogP contribution in [0.5, 0.6) is 0 Å². The Morgan fingerprint density at radius 3 is 2.75 bits per heavy atom. The Bertz CT molecular complexity index is 588. The summed E-state index contributed by atoms with van der Waals surface area (Å²) in [6.45, 7) is 2.21. The number of aliphatic hydroxyl groups is 1. The van der Waals surface area contributed by atoms with Crippen molar-refractivity contribution in [3.63, 3.8) is 0 Å². The number of carbonyl (C=O) groups excluding carboxylic acids is 1. The van der Waals surface area contributed by atoms with Crippen molar-refractivity contribution in [1.29, 1.82) is 0 Å². The third kappa shape index (κ3) is 2.68. The molecule has 7 nitrogen and oxygen atoms in total. The first kappa shape index (κ1) is 14.5. The van der Waals surface area contributed by atoms with Gasteiger partial charge in [-0.05, 0) is 19.4 Å². The number of nitrogens with two attached hydrogens (primary N) is 1. The standard InChI is InChI=1S/C12H14ClN3O4/c1-12(18)2-3-15(6-12)11(17)7-4-8(13)10(14)9(5-7)16(19)20/h4-5,18H,2-3,6,14H2,1H3. The van der Waals surface area contributed by atoms with Crippen LogP contribution in [0.3, 0.4) is 0 Å². The topological polar surface area (TPSA) is 110 Å². The van der Waals surface area contributed by atoms with Gasteiger partial charge in [-0.3, -0.25) is 14.9 Å². The van der Waals surface area contributed by atoms with Crippen LogP contribution in [0.15, 0.2) is 12.1 Å². The van der Waals surface area contributed by atoms with Gasteiger partial charge in [0.15, 0.2) is 0 Å². The molecule has 1 atom stereocenters. The molecule has 0 bridgehead atoms. The molecule has 1 aromatic rings. The zero-order chi connectivity index (χ0) is 15.1. The maximum Gasteiger partial charge on any atom is 0.294 e. The summed E-state index contributed by atoms with van der Waals surface area (Å²) >= 11 is 5.82. The number of hydrogen-bond donors (Lipinski definition) is 2. The van der Waals surface area contributed by atoms with Gasteiger partial charge in [0.05, 0.1) is 15.5 Å². The van der Waals surface area contributed by atoms with Gasteiger partial charge in [0.2, 0.25) is 0 Å². The molecule has 1 saturated heterocycles. The number of halogens is 1. The molecule has 1 aliphatic heterocycles. The molecule has 2 rings (SSSR count). The summed E-state index contributed by atoms with van der Waals surface area (Å²) in [5.41, 5.74) is 4.11. The molecule has 0 spiro atoms. The highest BCUT2D eigenvalue weighted by molar-refractivity contribution is 6.34. The fraction of sp³-hybridized carbons (Fsp3) is 0.417. The third-order valence-corrected chi connectivity index (χ3v) is 3.60. The lowest BCUT2D eigenvalue weighted by atomic mass is 10.1. The van der Waals surface area contributed by atoms with E-state index in [0.29, 0.717) is 13.0 Å². The van der Waals surface area contributed by atoms with E-state index in [1.165, 1.54) is 11.0 Å². The molecular formula is C12H14ClN3O4. The number of benzene rings is 1. The number of anilines is 1. The van der Waals surface area contributed by atoms with Crippen LogP contribution in [0.2, 0.25) is 5.02 Å². The summed E-state index contributed by atoms with van der Waals surface area (Å²) in [6, 6.07) is 2.41. The van der Waals surface area contributed by atoms with Crippen LogP contribution in [-0.2, 0) is 0 Å². The average Bonchev–Trinajstić information content (AvgIpc) is 2.71. The second kappa shape index (κ2) is 4.92. The minimum Gasteiger partial charge on any atom is -0.392 e. The number of hydrogen-bond acceptors (Lipinski definition) is 5. The van der Waals surface area contributed by atoms with Crippen LogP contribution in [-0.4, -0.2) is 39.5 Å². The summed E-state index contributed by atoms with van der Waals surface area (Å²) in [4.78, 5) is 23.9. The van der Waals surface area contributed by atoms with Gasteiger partial charge in [-0.25, -0.2) is 0 Å². The first-order chi connectivity index (χ1) is 9.21. The summed E-state index contributed by atoms with van der Waals surface area (Å²) in [6.07, 6.45) is 0.462. The minimum atomic E-state index is -0.931. The first-order valence-electron chi connectivity index (χ1n) is 5.96. The molecule has 20 heavy (non-hydrogen) atoms. The number of nitrogens with zero attached hydrogens (tertiary/aromatic N) is 2. The second-order valence-electron chi connectivity index (χ2n) is 5.12. The number of rotatable bonds is 2. The summed E-state index contributed by atoms with van der Waals surface area (Å²) in [7, 11) is 0. The molecule has 0 saturated carbocycles. The third-order valence-electron chi connectivity index (χ3n) is 3.29. The molecule has 1 amide bonds. The zero-order valence-electron chi connectivity index (χ0n) is 10.8. The smallest absolute Gasteiger partial charge is 0.294 e. The monoisotopic (exact) mass is 299 g/mol. The zero-order valence-corrected chi connectivity index (χ0v) is 11.6. The lowest BCUT2D eigenvalue weighted by Crippen LogP contribution is -2.33. The van der Waals surface area contributed by atoms with Gasteiger partial charge in [0.1, 0.15) is 5.69 Å². The van der Waals surface area contributed by atoms with Gasteiger partial charge in [-0.2, -0.15) is 0 Å². The van der Waals surface area contributed by atoms with Crippen LogP contribution in [0, 0.1) is 10.1 Å². The van der Waals surface area contributed by atoms with E-state index < -0.39 is 22.1 Å². The maximum absolute atomic E-state index is 12.3. The number of β-amino-alcohol motifs (C(OH)–C–C–N with tert-alkyl or cyclic N) is 1. The Hall–Kier alpha value is -1.86. The largest absolute Gasteiger partial charge is 0.392 e. The lowest BCUT2D eigenvalue weighted by Gasteiger charge is -2.19. The number of carbonyl (C=O) groups is 1. The Labute approximate surface area is 120 Å². The van der Waals surface area contributed by atoms with E-state index in [1.54, 1.807) is 6.92 Å². The molecule has 1 fully saturated rings. The minimum absolute atomic E-state index is 0.0338. The Balaban J connectivity index is 2.34. The van der Waals surface area contributed by atoms with Gasteiger partial charge in [-0.15, -0.1) is 0 Å². The molecule has 0 aliphatic carbocycles. The highest BCUT2D eigenvalue weighted by Gasteiger charge is 2.35. The van der Waals surface area contributed by atoms with Crippen LogP contribution in [0.1, 0.15) is 23.7 Å². The SMILES string of the molecule is CC1(O)CCN(C(=O)c2cc(Cl)c(N)c([N+](=O)[O-])c2)C1. The molecule has 1 aromatic carbocycles. The summed E-state index contributed by atoms with van der Waals surface area (Å²) in [5.74, 6) is -0.409. The van der Waals surface area contributed by atoms with Crippen molar-refractivity contribution in [2.24, 2.45) is 0 Å². The van der Waals surface area contributed by atoms with E-state index in [-0.39, 0.29) is 22.8 Å². The normalized spacial score (nSPS) is 22.1. The van der Waals surface area contributed by atoms with Crippen molar-refractivity contribution in [2.75, 3.05) is 18.8 Å². The molecular weight excluding hydrogens is 286 g/mol. The van der Waals surface area contributed by atoms with E-state index >= 15 is 0 Å². The van der Waals surface area contributed by atoms with Crippen LogP contribution in [0.25, 0.3) is 0 Å². The van der Waals surface area contributed by atoms with Crippen LogP contribution in [0.4, 0.5) is 11.4 Å². The summed E-state index contributed by atoms with van der Waals surface area (Å²) in [5, 5.41) is 20.7. The number of likely N-dealkylation sites (tertiary alicyclic amines) is 1. The maximum atomic E-state index is 12.3. The van der Waals surface area contributed by atoms with Gasteiger partial charge in [0, 0.05) is 24.7 Å². The molecule has 8 heteroatoms. The van der Waals surface area contributed by atoms with Crippen molar-refractivity contribution in [1.82, 2.24) is 4.90 Å². The fourth-order valence-corrected chi connectivity index (χ4v) is 2.39. The molecule has 0 aromatic heterocycles. The molecule has 108 valence electrons. The Morgan fingerprint density at radius 2 is 2.25 bits per heavy atom. The van der Waals surface area contributed by atoms with Crippen molar-refractivity contribution >= 4 is 28.9 Å². The predicted molar refractivity (Wildman–Crippen MR) is 73.7 cm³/mol. The number of nitrogen functional groups attached to an aromatic ring is 1. The summed E-state index contributed by atoms with van der Waals surface area (Å²) < 4.78 is 0. The number of amides is 1. The molecule has 0 radical (unpaired) electrons. The highest BCUT2D eigenvalue weighted by atomic mass is 35.5. The Kier molecular flexibility index (Phi) is 3.58. The van der Waals surface area contributed by atoms with Crippen molar-refractivity contribution in [3.05, 3.63) is 32.8 Å². The highest BCUT2D eigenvalue weighted by Crippen LogP contribution is 2.32. The molecule has 1 unspecified atom stereocenters. The quantitative estimate of drug-likeness (QED) is 0.487. The Morgan fingerprint density at radius 1 is 1.60 bits per heavy atom. The average molecular weight is 300 g/mol. The van der Waals surface area contributed by atoms with Gasteiger partial charge >= 0.3 is 0 Å². The first-order valence-corrected chi connectivity index (χ1v) is 6.34. The van der Waals surface area contributed by atoms with Gasteiger partial charge < -0.3 is 15.7 Å². The van der Waals surface area contributed by atoms with Crippen LogP contribution < -0.4 is 5.73 Å². The molecule has 1 heterocycles. The van der Waals surface area contributed by atoms with E-state index in [0.717, 1.165) is 6.07 Å². The fourth-order valence-electron chi connectivity index (χ4n) is 2.18. The predicted octanol–water partition coefficient (Wildman–Crippen LogP) is 1.43. The van der Waals surface area contributed by atoms with Gasteiger partial charge in [-0.1, -0.05) is 11.6 Å². The van der Waals surface area contributed by atoms with E-state index in [9.17, 15) is 20.0 Å². The van der Waals surface area contributed by atoms with E-state index in [2.05, 4.69) is 0 Å². The lowest BCUT2D eigenvalue weighted by molar-refractivity contribution is -0.383. The van der Waals surface area contributed by atoms with E-state index in [4.69, 9.17) is 17.3 Å². The molecule has 1 aliphatic rings. The van der Waals surface area contributed by atoms with Gasteiger partial charge in [0.25, 0.3) is 11.6 Å². The number of nitro benzene ring substituents is 1. The second-order valence-corrected chi connectivity index (χ2v) is 5.53. The van der Waals surface area contributed by atoms with Crippen molar-refractivity contribution in [3.8, 4) is 0 Å². The van der Waals surface area contributed by atoms with E-state index in [1.807, 2.05) is 0 Å².